The highest BCUT2D eigenvalue weighted by Crippen LogP contribution is 2.33. The molecule has 2 unspecified atom stereocenters. The maximum atomic E-state index is 13.1. The molecule has 6 heteroatoms. The van der Waals surface area contributed by atoms with Crippen LogP contribution in [0.15, 0.2) is 54.6 Å². The van der Waals surface area contributed by atoms with E-state index < -0.39 is 23.9 Å². The number of carbonyl (C=O) groups excluding carboxylic acids is 2. The largest absolute Gasteiger partial charge is 0.443 e. The van der Waals surface area contributed by atoms with Gasteiger partial charge in [-0.15, -0.1) is 0 Å². The first-order chi connectivity index (χ1) is 14.7. The Labute approximate surface area is 184 Å². The van der Waals surface area contributed by atoms with Gasteiger partial charge in [-0.2, -0.15) is 0 Å². The number of hydrogen-bond donors (Lipinski definition) is 0. The first kappa shape index (κ1) is 23.0. The van der Waals surface area contributed by atoms with Crippen LogP contribution in [0.3, 0.4) is 0 Å². The summed E-state index contributed by atoms with van der Waals surface area (Å²) >= 11 is 0. The topological polar surface area (TPSA) is 65.1 Å². The Morgan fingerprint density at radius 1 is 1.00 bits per heavy atom. The summed E-state index contributed by atoms with van der Waals surface area (Å²) in [5, 5.41) is 0. The number of benzene rings is 2. The standard InChI is InChI=1S/C25H31NO5/c1-25(2,3)31-24(28)26-20(16-21(22(26)27)23(29-4)30-5)15-17-11-13-19(14-12-17)18-9-7-6-8-10-18/h6-14,20-21,23H,15-16H2,1-5H3. The molecule has 1 aliphatic rings. The minimum Gasteiger partial charge on any atom is -0.443 e. The lowest BCUT2D eigenvalue weighted by molar-refractivity contribution is -0.157. The number of imide groups is 1. The predicted molar refractivity (Wildman–Crippen MR) is 118 cm³/mol. The van der Waals surface area contributed by atoms with Crippen molar-refractivity contribution in [1.29, 1.82) is 0 Å². The first-order valence-electron chi connectivity index (χ1n) is 10.5. The Hall–Kier alpha value is -2.70. The third-order valence-corrected chi connectivity index (χ3v) is 5.36. The van der Waals surface area contributed by atoms with E-state index in [2.05, 4.69) is 24.3 Å². The lowest BCUT2D eigenvalue weighted by Gasteiger charge is -2.27. The summed E-state index contributed by atoms with van der Waals surface area (Å²) in [6.07, 6.45) is -0.346. The first-order valence-corrected chi connectivity index (χ1v) is 10.5. The van der Waals surface area contributed by atoms with Gasteiger partial charge in [0.25, 0.3) is 0 Å². The molecule has 1 heterocycles. The van der Waals surface area contributed by atoms with Crippen LogP contribution < -0.4 is 0 Å². The molecule has 31 heavy (non-hydrogen) atoms. The van der Waals surface area contributed by atoms with Crippen molar-refractivity contribution in [3.63, 3.8) is 0 Å². The number of methoxy groups -OCH3 is 2. The second-order valence-electron chi connectivity index (χ2n) is 8.79. The van der Waals surface area contributed by atoms with E-state index in [1.807, 2.05) is 30.3 Å². The fourth-order valence-electron chi connectivity index (χ4n) is 3.97. The minimum atomic E-state index is -0.706. The van der Waals surface area contributed by atoms with E-state index in [1.54, 1.807) is 20.8 Å². The molecule has 6 nitrogen and oxygen atoms in total. The maximum Gasteiger partial charge on any atom is 0.417 e. The number of hydrogen-bond acceptors (Lipinski definition) is 5. The van der Waals surface area contributed by atoms with Gasteiger partial charge in [0, 0.05) is 20.3 Å². The molecule has 2 atom stereocenters. The number of ether oxygens (including phenoxy) is 3. The molecule has 2 aromatic carbocycles. The molecule has 0 aliphatic carbocycles. The fourth-order valence-corrected chi connectivity index (χ4v) is 3.97. The Kier molecular flexibility index (Phi) is 7.13. The highest BCUT2D eigenvalue weighted by Gasteiger charge is 2.48. The van der Waals surface area contributed by atoms with Gasteiger partial charge in [-0.05, 0) is 50.3 Å². The SMILES string of the molecule is COC(OC)C1CC(Cc2ccc(-c3ccccc3)cc2)N(C(=O)OC(C)(C)C)C1=O. The summed E-state index contributed by atoms with van der Waals surface area (Å²) in [7, 11) is 2.99. The molecule has 1 aliphatic heterocycles. The van der Waals surface area contributed by atoms with Gasteiger partial charge in [0.2, 0.25) is 5.91 Å². The van der Waals surface area contributed by atoms with Crippen molar-refractivity contribution in [3.8, 4) is 11.1 Å². The van der Waals surface area contributed by atoms with Gasteiger partial charge in [-0.1, -0.05) is 54.6 Å². The van der Waals surface area contributed by atoms with Crippen molar-refractivity contribution in [2.75, 3.05) is 14.2 Å². The Morgan fingerprint density at radius 2 is 1.58 bits per heavy atom. The van der Waals surface area contributed by atoms with Crippen LogP contribution in [0, 0.1) is 5.92 Å². The van der Waals surface area contributed by atoms with E-state index >= 15 is 0 Å². The van der Waals surface area contributed by atoms with E-state index in [-0.39, 0.29) is 11.9 Å². The van der Waals surface area contributed by atoms with Crippen molar-refractivity contribution < 1.29 is 23.8 Å². The van der Waals surface area contributed by atoms with E-state index in [9.17, 15) is 9.59 Å². The van der Waals surface area contributed by atoms with Crippen LogP contribution >= 0.6 is 0 Å². The molecule has 1 saturated heterocycles. The molecular formula is C25H31NO5. The fraction of sp³-hybridized carbons (Fsp3) is 0.440. The average molecular weight is 426 g/mol. The van der Waals surface area contributed by atoms with E-state index in [4.69, 9.17) is 14.2 Å². The van der Waals surface area contributed by atoms with E-state index in [0.29, 0.717) is 12.8 Å². The highest BCUT2D eigenvalue weighted by molar-refractivity contribution is 5.96. The number of rotatable bonds is 6. The Morgan fingerprint density at radius 3 is 2.13 bits per heavy atom. The lowest BCUT2D eigenvalue weighted by atomic mass is 9.97. The number of amides is 2. The van der Waals surface area contributed by atoms with Crippen LogP contribution in [0.5, 0.6) is 0 Å². The Balaban J connectivity index is 1.82. The lowest BCUT2D eigenvalue weighted by Crippen LogP contribution is -2.44. The van der Waals surface area contributed by atoms with Crippen LogP contribution in [0.2, 0.25) is 0 Å². The molecule has 2 amide bonds. The molecule has 3 rings (SSSR count). The second kappa shape index (κ2) is 9.62. The Bertz CT molecular complexity index is 884. The van der Waals surface area contributed by atoms with E-state index in [1.165, 1.54) is 19.1 Å². The quantitative estimate of drug-likeness (QED) is 0.630. The zero-order chi connectivity index (χ0) is 22.6. The molecule has 0 saturated carbocycles. The van der Waals surface area contributed by atoms with Crippen molar-refractivity contribution in [3.05, 3.63) is 60.2 Å². The van der Waals surface area contributed by atoms with Crippen LogP contribution in [-0.4, -0.2) is 49.1 Å². The zero-order valence-corrected chi connectivity index (χ0v) is 18.8. The maximum absolute atomic E-state index is 13.1. The van der Waals surface area contributed by atoms with Crippen molar-refractivity contribution in [2.24, 2.45) is 5.92 Å². The molecule has 0 aromatic heterocycles. The number of carbonyl (C=O) groups is 2. The monoisotopic (exact) mass is 425 g/mol. The van der Waals surface area contributed by atoms with Crippen LogP contribution in [0.25, 0.3) is 11.1 Å². The van der Waals surface area contributed by atoms with Crippen molar-refractivity contribution >= 4 is 12.0 Å². The molecule has 1 fully saturated rings. The summed E-state index contributed by atoms with van der Waals surface area (Å²) in [5.74, 6) is -0.884. The number of likely N-dealkylation sites (tertiary alicyclic amines) is 1. The summed E-state index contributed by atoms with van der Waals surface area (Å²) < 4.78 is 16.2. The third-order valence-electron chi connectivity index (χ3n) is 5.36. The van der Waals surface area contributed by atoms with Gasteiger partial charge in [0.15, 0.2) is 6.29 Å². The van der Waals surface area contributed by atoms with Crippen molar-refractivity contribution in [1.82, 2.24) is 4.90 Å². The summed E-state index contributed by atoms with van der Waals surface area (Å²) in [5.41, 5.74) is 2.60. The van der Waals surface area contributed by atoms with Gasteiger partial charge in [0.05, 0.1) is 5.92 Å². The van der Waals surface area contributed by atoms with Gasteiger partial charge in [-0.3, -0.25) is 4.79 Å². The van der Waals surface area contributed by atoms with E-state index in [0.717, 1.165) is 16.7 Å². The van der Waals surface area contributed by atoms with Gasteiger partial charge in [-0.25, -0.2) is 9.69 Å². The molecule has 0 N–H and O–H groups in total. The summed E-state index contributed by atoms with van der Waals surface area (Å²) in [6.45, 7) is 5.36. The summed E-state index contributed by atoms with van der Waals surface area (Å²) in [4.78, 5) is 27.2. The van der Waals surface area contributed by atoms with Crippen LogP contribution in [0.4, 0.5) is 4.79 Å². The zero-order valence-electron chi connectivity index (χ0n) is 18.8. The van der Waals surface area contributed by atoms with Gasteiger partial charge >= 0.3 is 6.09 Å². The summed E-state index contributed by atoms with van der Waals surface area (Å²) in [6, 6.07) is 18.0. The van der Waals surface area contributed by atoms with Gasteiger partial charge < -0.3 is 14.2 Å². The predicted octanol–water partition coefficient (Wildman–Crippen LogP) is 4.67. The normalized spacial score (nSPS) is 19.2. The third kappa shape index (κ3) is 5.51. The minimum absolute atomic E-state index is 0.325. The second-order valence-corrected chi connectivity index (χ2v) is 8.79. The highest BCUT2D eigenvalue weighted by atomic mass is 16.7. The molecule has 166 valence electrons. The van der Waals surface area contributed by atoms with Crippen LogP contribution in [0.1, 0.15) is 32.8 Å². The number of nitrogens with zero attached hydrogens (tertiary/aromatic N) is 1. The molecule has 0 radical (unpaired) electrons. The molecule has 0 bridgehead atoms. The van der Waals surface area contributed by atoms with Crippen LogP contribution in [-0.2, 0) is 25.4 Å². The van der Waals surface area contributed by atoms with Gasteiger partial charge in [0.1, 0.15) is 5.60 Å². The molecular weight excluding hydrogens is 394 g/mol. The van der Waals surface area contributed by atoms with Crippen molar-refractivity contribution in [2.45, 2.75) is 51.5 Å². The molecule has 0 spiro atoms. The molecule has 2 aromatic rings. The smallest absolute Gasteiger partial charge is 0.417 e. The average Bonchev–Trinajstić information content (AvgIpc) is 3.05.